The van der Waals surface area contributed by atoms with E-state index in [0.717, 1.165) is 11.1 Å². The SMILES string of the molecule is CC(C)(C)OC(=O)N1CCCC1C(=O)NCC(=O)c1ccc(CCc2ccc(C(=O)CNC(=O)C3CCCN3C(=O)OC(C)(C)C)cc2)cc1. The van der Waals surface area contributed by atoms with E-state index in [1.807, 2.05) is 24.3 Å². The van der Waals surface area contributed by atoms with Crippen LogP contribution in [0.3, 0.4) is 0 Å². The first-order valence-electron chi connectivity index (χ1n) is 17.3. The Morgan fingerprint density at radius 2 is 0.940 bits per heavy atom. The molecule has 2 fully saturated rings. The van der Waals surface area contributed by atoms with Crippen molar-refractivity contribution in [2.45, 2.75) is 103 Å². The molecule has 2 N–H and O–H groups in total. The number of hydrogen-bond acceptors (Lipinski definition) is 8. The predicted molar refractivity (Wildman–Crippen MR) is 187 cm³/mol. The van der Waals surface area contributed by atoms with Crippen molar-refractivity contribution in [3.63, 3.8) is 0 Å². The van der Waals surface area contributed by atoms with Crippen LogP contribution >= 0.6 is 0 Å². The Labute approximate surface area is 294 Å². The lowest BCUT2D eigenvalue weighted by atomic mass is 10.0. The maximum absolute atomic E-state index is 12.8. The summed E-state index contributed by atoms with van der Waals surface area (Å²) in [6.45, 7) is 11.2. The molecule has 12 nitrogen and oxygen atoms in total. The molecular weight excluding hydrogens is 640 g/mol. The van der Waals surface area contributed by atoms with Gasteiger partial charge in [-0.05, 0) is 91.2 Å². The van der Waals surface area contributed by atoms with E-state index in [-0.39, 0.29) is 36.5 Å². The number of benzene rings is 2. The number of carbonyl (C=O) groups is 6. The zero-order chi connectivity index (χ0) is 36.6. The van der Waals surface area contributed by atoms with Crippen molar-refractivity contribution in [1.82, 2.24) is 20.4 Å². The number of ether oxygens (including phenoxy) is 2. The number of aryl methyl sites for hydroxylation is 2. The lowest BCUT2D eigenvalue weighted by molar-refractivity contribution is -0.125. The molecule has 2 aromatic rings. The lowest BCUT2D eigenvalue weighted by Crippen LogP contribution is -2.48. The molecule has 4 rings (SSSR count). The fourth-order valence-electron chi connectivity index (χ4n) is 5.93. The highest BCUT2D eigenvalue weighted by atomic mass is 16.6. The van der Waals surface area contributed by atoms with Crippen molar-refractivity contribution < 1.29 is 38.2 Å². The van der Waals surface area contributed by atoms with Crippen molar-refractivity contribution in [2.24, 2.45) is 0 Å². The number of ketones is 2. The van der Waals surface area contributed by atoms with E-state index in [4.69, 9.17) is 9.47 Å². The number of likely N-dealkylation sites (tertiary alicyclic amines) is 2. The molecule has 2 aliphatic rings. The van der Waals surface area contributed by atoms with Gasteiger partial charge in [0.1, 0.15) is 23.3 Å². The molecule has 0 aromatic heterocycles. The Morgan fingerprint density at radius 3 is 1.26 bits per heavy atom. The molecule has 270 valence electrons. The van der Waals surface area contributed by atoms with Gasteiger partial charge in [0.25, 0.3) is 0 Å². The van der Waals surface area contributed by atoms with Crippen LogP contribution in [0.25, 0.3) is 0 Å². The highest BCUT2D eigenvalue weighted by molar-refractivity contribution is 6.01. The van der Waals surface area contributed by atoms with Crippen LogP contribution in [0, 0.1) is 0 Å². The second-order valence-corrected chi connectivity index (χ2v) is 14.8. The number of Topliss-reactive ketones (excluding diaryl/α,β-unsaturated/α-hetero) is 2. The summed E-state index contributed by atoms with van der Waals surface area (Å²) in [6, 6.07) is 13.2. The maximum atomic E-state index is 12.8. The molecule has 0 aliphatic carbocycles. The van der Waals surface area contributed by atoms with Gasteiger partial charge in [0.2, 0.25) is 11.8 Å². The summed E-state index contributed by atoms with van der Waals surface area (Å²) in [5.41, 5.74) is 1.68. The lowest BCUT2D eigenvalue weighted by Gasteiger charge is -2.28. The molecule has 0 saturated carbocycles. The quantitative estimate of drug-likeness (QED) is 0.317. The summed E-state index contributed by atoms with van der Waals surface area (Å²) >= 11 is 0. The third-order valence-electron chi connectivity index (χ3n) is 8.47. The summed E-state index contributed by atoms with van der Waals surface area (Å²) in [7, 11) is 0. The first-order chi connectivity index (χ1) is 23.5. The van der Waals surface area contributed by atoms with Gasteiger partial charge in [0.15, 0.2) is 11.6 Å². The number of nitrogens with zero attached hydrogens (tertiary/aromatic N) is 2. The molecule has 2 saturated heterocycles. The minimum absolute atomic E-state index is 0.170. The normalized spacial score (nSPS) is 17.6. The fourth-order valence-corrected chi connectivity index (χ4v) is 5.93. The highest BCUT2D eigenvalue weighted by Gasteiger charge is 2.38. The molecule has 2 heterocycles. The van der Waals surface area contributed by atoms with Crippen molar-refractivity contribution >= 4 is 35.6 Å². The second kappa shape index (κ2) is 16.3. The minimum atomic E-state index is -0.665. The third-order valence-corrected chi connectivity index (χ3v) is 8.47. The highest BCUT2D eigenvalue weighted by Crippen LogP contribution is 2.22. The van der Waals surface area contributed by atoms with Crippen molar-refractivity contribution in [1.29, 1.82) is 0 Å². The van der Waals surface area contributed by atoms with Crippen LogP contribution in [0.1, 0.15) is 99.1 Å². The summed E-state index contributed by atoms with van der Waals surface area (Å²) in [6.07, 6.45) is 2.78. The standard InChI is InChI=1S/C38H50N4O8/c1-37(2,3)49-35(47)41-21-7-9-29(41)33(45)39-23-31(43)27-17-13-25(14-18-27)11-12-26-15-19-28(20-16-26)32(44)24-40-34(46)30-10-8-22-42(30)36(48)50-38(4,5)6/h13-20,29-30H,7-12,21-24H2,1-6H3,(H,39,45)(H,40,46). The number of amides is 4. The number of rotatable bonds is 11. The van der Waals surface area contributed by atoms with Gasteiger partial charge in [-0.1, -0.05) is 48.5 Å². The van der Waals surface area contributed by atoms with Crippen LogP contribution in [0.4, 0.5) is 9.59 Å². The smallest absolute Gasteiger partial charge is 0.410 e. The molecule has 2 unspecified atom stereocenters. The van der Waals surface area contributed by atoms with Gasteiger partial charge in [-0.3, -0.25) is 29.0 Å². The van der Waals surface area contributed by atoms with E-state index in [1.54, 1.807) is 65.8 Å². The second-order valence-electron chi connectivity index (χ2n) is 14.8. The molecule has 4 amide bonds. The van der Waals surface area contributed by atoms with E-state index >= 15 is 0 Å². The topological polar surface area (TPSA) is 151 Å². The van der Waals surface area contributed by atoms with Gasteiger partial charge in [-0.25, -0.2) is 9.59 Å². The summed E-state index contributed by atoms with van der Waals surface area (Å²) in [4.78, 5) is 79.0. The van der Waals surface area contributed by atoms with Crippen LogP contribution in [0.15, 0.2) is 48.5 Å². The molecule has 2 aromatic carbocycles. The van der Waals surface area contributed by atoms with Crippen LogP contribution in [0.2, 0.25) is 0 Å². The van der Waals surface area contributed by atoms with Gasteiger partial charge in [-0.15, -0.1) is 0 Å². The largest absolute Gasteiger partial charge is 0.444 e. The van der Waals surface area contributed by atoms with Crippen molar-refractivity contribution in [3.05, 3.63) is 70.8 Å². The van der Waals surface area contributed by atoms with Gasteiger partial charge in [0.05, 0.1) is 13.1 Å². The third kappa shape index (κ3) is 10.9. The molecule has 2 atom stereocenters. The predicted octanol–water partition coefficient (Wildman–Crippen LogP) is 4.87. The average Bonchev–Trinajstić information content (AvgIpc) is 3.75. The number of nitrogens with one attached hydrogen (secondary N) is 2. The Hall–Kier alpha value is -4.74. The zero-order valence-corrected chi connectivity index (χ0v) is 30.0. The molecule has 0 radical (unpaired) electrons. The van der Waals surface area contributed by atoms with Gasteiger partial charge in [0, 0.05) is 24.2 Å². The zero-order valence-electron chi connectivity index (χ0n) is 30.0. The molecule has 0 bridgehead atoms. The molecular formula is C38H50N4O8. The molecule has 50 heavy (non-hydrogen) atoms. The summed E-state index contributed by atoms with van der Waals surface area (Å²) < 4.78 is 10.8. The maximum Gasteiger partial charge on any atom is 0.410 e. The average molecular weight is 691 g/mol. The Bertz CT molecular complexity index is 1440. The number of hydrogen-bond donors (Lipinski definition) is 2. The minimum Gasteiger partial charge on any atom is -0.444 e. The molecule has 12 heteroatoms. The monoisotopic (exact) mass is 690 g/mol. The van der Waals surface area contributed by atoms with Crippen LogP contribution in [-0.4, -0.2) is 94.8 Å². The molecule has 0 spiro atoms. The van der Waals surface area contributed by atoms with Gasteiger partial charge >= 0.3 is 12.2 Å². The van der Waals surface area contributed by atoms with E-state index in [1.165, 1.54) is 9.80 Å². The summed E-state index contributed by atoms with van der Waals surface area (Å²) in [5.74, 6) is -1.20. The van der Waals surface area contributed by atoms with Crippen molar-refractivity contribution in [3.8, 4) is 0 Å². The van der Waals surface area contributed by atoms with E-state index in [2.05, 4.69) is 10.6 Å². The summed E-state index contributed by atoms with van der Waals surface area (Å²) in [5, 5.41) is 5.36. The van der Waals surface area contributed by atoms with Crippen LogP contribution in [0.5, 0.6) is 0 Å². The van der Waals surface area contributed by atoms with Gasteiger partial charge in [-0.2, -0.15) is 0 Å². The Kier molecular flexibility index (Phi) is 12.4. The number of carbonyl (C=O) groups excluding carboxylic acids is 6. The molecule has 2 aliphatic heterocycles. The van der Waals surface area contributed by atoms with E-state index in [9.17, 15) is 28.8 Å². The van der Waals surface area contributed by atoms with E-state index in [0.29, 0.717) is 62.7 Å². The first-order valence-corrected chi connectivity index (χ1v) is 17.3. The Morgan fingerprint density at radius 1 is 0.600 bits per heavy atom. The van der Waals surface area contributed by atoms with Crippen molar-refractivity contribution in [2.75, 3.05) is 26.2 Å². The first kappa shape index (κ1) is 38.1. The van der Waals surface area contributed by atoms with Gasteiger partial charge < -0.3 is 20.1 Å². The van der Waals surface area contributed by atoms with Crippen LogP contribution in [-0.2, 0) is 31.9 Å². The fraction of sp³-hybridized carbons (Fsp3) is 0.526. The van der Waals surface area contributed by atoms with E-state index < -0.39 is 35.5 Å². The van der Waals surface area contributed by atoms with Crippen LogP contribution < -0.4 is 10.6 Å². The Balaban J connectivity index is 1.20.